The number of piperidine rings is 2. The summed E-state index contributed by atoms with van der Waals surface area (Å²) in [5.41, 5.74) is 40.2. The molecule has 0 saturated carbocycles. The van der Waals surface area contributed by atoms with Crippen LogP contribution in [0.1, 0.15) is 75.9 Å². The minimum atomic E-state index is -5.08. The van der Waals surface area contributed by atoms with Crippen LogP contribution in [0.2, 0.25) is 0 Å². The number of carboxylic acids is 1. The lowest BCUT2D eigenvalue weighted by Crippen LogP contribution is -2.63. The maximum absolute atomic E-state index is 14.2. The molecule has 0 aromatic carbocycles. The predicted molar refractivity (Wildman–Crippen MR) is 236 cm³/mol. The van der Waals surface area contributed by atoms with Crippen LogP contribution in [0.3, 0.4) is 0 Å². The highest BCUT2D eigenvalue weighted by atomic mass is 35.5. The molecule has 66 heavy (non-hydrogen) atoms. The normalized spacial score (nSPS) is 22.2. The van der Waals surface area contributed by atoms with E-state index in [9.17, 15) is 22.8 Å². The van der Waals surface area contributed by atoms with Gasteiger partial charge in [-0.3, -0.25) is 24.6 Å². The molecule has 31 heteroatoms. The fourth-order valence-corrected chi connectivity index (χ4v) is 8.33. The average Bonchev–Trinajstić information content (AvgIpc) is 3.28. The third-order valence-electron chi connectivity index (χ3n) is 10.8. The Morgan fingerprint density at radius 3 is 1.98 bits per heavy atom. The van der Waals surface area contributed by atoms with Crippen LogP contribution >= 0.6 is 23.2 Å². The van der Waals surface area contributed by atoms with E-state index in [0.29, 0.717) is 63.6 Å². The molecule has 0 aliphatic carbocycles. The van der Waals surface area contributed by atoms with Crippen LogP contribution in [-0.4, -0.2) is 158 Å². The van der Waals surface area contributed by atoms with E-state index in [0.717, 1.165) is 37.6 Å². The van der Waals surface area contributed by atoms with Crippen molar-refractivity contribution in [2.45, 2.75) is 81.4 Å². The molecule has 16 N–H and O–H groups in total. The number of carbonyl (C=O) groups excluding carboxylic acids is 2. The van der Waals surface area contributed by atoms with Gasteiger partial charge in [0.1, 0.15) is 35.8 Å². The Hall–Kier alpha value is -5.11. The molecule has 0 radical (unpaired) electrons. The first-order valence-corrected chi connectivity index (χ1v) is 22.0. The monoisotopic (exact) mass is 978 g/mol. The number of nitrogens with one attached hydrogen (secondary N) is 7. The van der Waals surface area contributed by atoms with Gasteiger partial charge in [0.05, 0.1) is 13.3 Å². The van der Waals surface area contributed by atoms with E-state index >= 15 is 0 Å². The van der Waals surface area contributed by atoms with E-state index in [2.05, 4.69) is 71.8 Å². The van der Waals surface area contributed by atoms with Crippen LogP contribution in [-0.2, 0) is 14.4 Å². The van der Waals surface area contributed by atoms with Gasteiger partial charge in [0.25, 0.3) is 11.8 Å². The summed E-state index contributed by atoms with van der Waals surface area (Å²) in [7, 11) is 1.71. The molecule has 7 heterocycles. The van der Waals surface area contributed by atoms with Crippen LogP contribution in [0.4, 0.5) is 19.1 Å². The Morgan fingerprint density at radius 2 is 1.47 bits per heavy atom. The lowest BCUT2D eigenvalue weighted by molar-refractivity contribution is -0.192. The van der Waals surface area contributed by atoms with Gasteiger partial charge in [0, 0.05) is 51.1 Å². The molecule has 7 rings (SSSR count). The second-order valence-electron chi connectivity index (χ2n) is 15.4. The van der Waals surface area contributed by atoms with Crippen LogP contribution in [0.15, 0.2) is 33.0 Å². The van der Waals surface area contributed by atoms with Crippen LogP contribution < -0.4 is 65.9 Å². The minimum absolute atomic E-state index is 0.000470. The number of rotatable bonds is 14. The van der Waals surface area contributed by atoms with E-state index in [1.807, 2.05) is 5.01 Å². The standard InChI is InChI=1S/C33H58Cl2N22O2.C2HF3O2/c1-4-10-52(11-5-2)33-48-29(19-6-12-54(13-7-19)56-21(28(39)58)25(36)45-27(38)23(56)34)47-30(49-33)20-8-14-55(15-9-20)57-22-26(37)46-31(24(57)35)41-16-42-51-44-18-53(32(22)59)17-43-50-40-3;3-2(4,5)1(6)7/h19-20,23-24,40,42-44,50-51H,4-18,36-37H2,1-3H3,(H2,38,45)(H2,39,58)(H,41,46);(H,6,7). The first-order chi connectivity index (χ1) is 31.4. The summed E-state index contributed by atoms with van der Waals surface area (Å²) in [6.07, 6.45) is -0.536. The first kappa shape index (κ1) is 51.9. The van der Waals surface area contributed by atoms with Crippen molar-refractivity contribution >= 4 is 58.6 Å². The molecule has 1 aromatic heterocycles. The number of anilines is 1. The number of hydrogen-bond donors (Lipinski definition) is 12. The SMILES string of the molecule is CCCN(CCC)c1nc(C2CCN(N3C(C(N)=O)=C(N)N=C(N)C3Cl)CC2)nc(C2CCN(N3C4=C(N)NC(=NCNNNCN(CNNNC)C4=O)C3Cl)CC2)n1.O=C(O)C(F)(F)F. The number of hydrazine groups is 6. The maximum Gasteiger partial charge on any atom is 0.490 e. The van der Waals surface area contributed by atoms with Crippen LogP contribution in [0.25, 0.3) is 0 Å². The van der Waals surface area contributed by atoms with E-state index in [4.69, 9.17) is 71.0 Å². The second kappa shape index (κ2) is 23.6. The summed E-state index contributed by atoms with van der Waals surface area (Å²) >= 11 is 13.8. The molecule has 2 bridgehead atoms. The number of amides is 2. The number of carbonyl (C=O) groups is 3. The fourth-order valence-electron chi connectivity index (χ4n) is 7.72. The van der Waals surface area contributed by atoms with Crippen molar-refractivity contribution in [1.82, 2.24) is 78.0 Å². The van der Waals surface area contributed by atoms with Gasteiger partial charge in [-0.1, -0.05) is 37.0 Å². The summed E-state index contributed by atoms with van der Waals surface area (Å²) in [5, 5.41) is 17.5. The number of carboxylic acid groups (broad SMARTS) is 1. The number of aliphatic imine (C=N–C) groups is 2. The lowest BCUT2D eigenvalue weighted by atomic mass is 9.94. The quantitative estimate of drug-likeness (QED) is 0.0404. The van der Waals surface area contributed by atoms with Gasteiger partial charge in [-0.2, -0.15) is 34.2 Å². The molecular weight excluding hydrogens is 920 g/mol. The number of aromatic nitrogens is 3. The molecule has 1 aromatic rings. The number of nitrogens with two attached hydrogens (primary N) is 4. The first-order valence-electron chi connectivity index (χ1n) is 21.2. The number of primary amides is 1. The van der Waals surface area contributed by atoms with Gasteiger partial charge in [-0.05, 0) is 45.6 Å². The maximum atomic E-state index is 14.2. The Morgan fingerprint density at radius 1 is 0.909 bits per heavy atom. The average molecular weight is 980 g/mol. The fraction of sp³-hybridized carbons (Fsp3) is 0.657. The molecule has 2 unspecified atom stereocenters. The second-order valence-corrected chi connectivity index (χ2v) is 16.2. The van der Waals surface area contributed by atoms with Gasteiger partial charge < -0.3 is 43.2 Å². The number of amidine groups is 2. The summed E-state index contributed by atoms with van der Waals surface area (Å²) < 4.78 is 31.7. The Labute approximate surface area is 388 Å². The summed E-state index contributed by atoms with van der Waals surface area (Å²) in [5.74, 6) is -1.19. The molecule has 2 saturated heterocycles. The number of nitrogens with zero attached hydrogens (tertiary/aromatic N) is 11. The van der Waals surface area contributed by atoms with Crippen molar-refractivity contribution in [3.05, 3.63) is 34.7 Å². The Balaban J connectivity index is 0.00000108. The third-order valence-corrected chi connectivity index (χ3v) is 11.6. The number of alkyl halides is 5. The molecule has 6 aliphatic rings. The van der Waals surface area contributed by atoms with Gasteiger partial charge in [-0.15, -0.1) is 0 Å². The Bertz CT molecular complexity index is 1990. The van der Waals surface area contributed by atoms with Gasteiger partial charge in [-0.25, -0.2) is 46.5 Å². The highest BCUT2D eigenvalue weighted by molar-refractivity contribution is 6.32. The molecule has 368 valence electrons. The number of halogens is 5. The van der Waals surface area contributed by atoms with Gasteiger partial charge >= 0.3 is 12.1 Å². The molecule has 2 amide bonds. The van der Waals surface area contributed by atoms with Gasteiger partial charge in [0.15, 0.2) is 28.2 Å². The largest absolute Gasteiger partial charge is 0.490 e. The zero-order chi connectivity index (χ0) is 48.3. The van der Waals surface area contributed by atoms with Crippen LogP contribution in [0, 0.1) is 0 Å². The topological polar surface area (TPSA) is 343 Å². The molecule has 2 fully saturated rings. The van der Waals surface area contributed by atoms with Gasteiger partial charge in [0.2, 0.25) is 5.95 Å². The van der Waals surface area contributed by atoms with Crippen molar-refractivity contribution in [3.8, 4) is 0 Å². The van der Waals surface area contributed by atoms with E-state index in [1.54, 1.807) is 17.1 Å². The number of aliphatic carboxylic acids is 1. The van der Waals surface area contributed by atoms with E-state index in [1.165, 1.54) is 4.90 Å². The minimum Gasteiger partial charge on any atom is -0.475 e. The molecular formula is C35H59Cl2F3N22O4. The van der Waals surface area contributed by atoms with Crippen molar-refractivity contribution in [1.29, 1.82) is 0 Å². The highest BCUT2D eigenvalue weighted by Crippen LogP contribution is 2.35. The summed E-state index contributed by atoms with van der Waals surface area (Å²) in [6, 6.07) is 0. The smallest absolute Gasteiger partial charge is 0.475 e. The summed E-state index contributed by atoms with van der Waals surface area (Å²) in [6.45, 7) is 8.41. The van der Waals surface area contributed by atoms with Crippen molar-refractivity contribution in [2.24, 2.45) is 32.9 Å². The Kier molecular flexibility index (Phi) is 18.5. The van der Waals surface area contributed by atoms with Crippen molar-refractivity contribution < 1.29 is 32.7 Å². The predicted octanol–water partition coefficient (Wildman–Crippen LogP) is -2.29. The van der Waals surface area contributed by atoms with Crippen LogP contribution in [0.5, 0.6) is 0 Å². The molecule has 26 nitrogen and oxygen atoms in total. The zero-order valence-electron chi connectivity index (χ0n) is 36.7. The van der Waals surface area contributed by atoms with E-state index in [-0.39, 0.29) is 66.6 Å². The number of fused-ring (bicyclic) bond motifs is 9. The molecule has 6 aliphatic heterocycles. The molecule has 0 spiro atoms. The highest BCUT2D eigenvalue weighted by Gasteiger charge is 2.43. The van der Waals surface area contributed by atoms with Crippen molar-refractivity contribution in [2.75, 3.05) is 71.2 Å². The summed E-state index contributed by atoms with van der Waals surface area (Å²) in [4.78, 5) is 63.3. The van der Waals surface area contributed by atoms with Crippen molar-refractivity contribution in [3.63, 3.8) is 0 Å². The lowest BCUT2D eigenvalue weighted by Gasteiger charge is -2.46. The zero-order valence-corrected chi connectivity index (χ0v) is 38.2. The molecule has 2 atom stereocenters. The third kappa shape index (κ3) is 12.7. The van der Waals surface area contributed by atoms with E-state index < -0.39 is 29.1 Å². The number of hydrogen-bond acceptors (Lipinski definition) is 23.